The molecule has 7 nitrogen and oxygen atoms in total. The van der Waals surface area contributed by atoms with Gasteiger partial charge < -0.3 is 10.6 Å². The molecule has 9 heteroatoms. The Morgan fingerprint density at radius 2 is 1.96 bits per heavy atom. The van der Waals surface area contributed by atoms with E-state index in [9.17, 15) is 9.59 Å². The summed E-state index contributed by atoms with van der Waals surface area (Å²) < 4.78 is 0.671. The fourth-order valence-electron chi connectivity index (χ4n) is 1.70. The summed E-state index contributed by atoms with van der Waals surface area (Å²) in [6.07, 6.45) is 0. The number of imide groups is 1. The summed E-state index contributed by atoms with van der Waals surface area (Å²) in [7, 11) is 0. The number of nitrogens with one attached hydrogen (secondary N) is 3. The lowest BCUT2D eigenvalue weighted by atomic mass is 10.2. The minimum absolute atomic E-state index is 0.0214. The van der Waals surface area contributed by atoms with Crippen LogP contribution < -0.4 is 16.0 Å². The number of rotatable bonds is 7. The molecule has 0 aliphatic heterocycles. The van der Waals surface area contributed by atoms with Gasteiger partial charge in [-0.2, -0.15) is 0 Å². The maximum Gasteiger partial charge on any atom is 0.321 e. The topological polar surface area (TPSA) is 96.0 Å². The van der Waals surface area contributed by atoms with Crippen molar-refractivity contribution in [1.29, 1.82) is 0 Å². The molecule has 2 rings (SSSR count). The molecule has 3 N–H and O–H groups in total. The summed E-state index contributed by atoms with van der Waals surface area (Å²) in [6, 6.07) is 9.46. The van der Waals surface area contributed by atoms with E-state index in [-0.39, 0.29) is 17.7 Å². The van der Waals surface area contributed by atoms with Gasteiger partial charge in [0.25, 0.3) is 0 Å². The number of carbonyl (C=O) groups excluding carboxylic acids is 2. The fraction of sp³-hybridized carbons (Fsp3) is 0.333. The van der Waals surface area contributed by atoms with Gasteiger partial charge in [0, 0.05) is 12.6 Å². The van der Waals surface area contributed by atoms with Crippen LogP contribution in [0.5, 0.6) is 0 Å². The number of hydrogen-bond donors (Lipinski definition) is 3. The molecule has 24 heavy (non-hydrogen) atoms. The number of nitrogens with zero attached hydrogens (tertiary/aromatic N) is 2. The predicted octanol–water partition coefficient (Wildman–Crippen LogP) is 2.48. The first-order chi connectivity index (χ1) is 11.5. The van der Waals surface area contributed by atoms with Gasteiger partial charge in [0.15, 0.2) is 4.34 Å². The highest BCUT2D eigenvalue weighted by molar-refractivity contribution is 8.01. The van der Waals surface area contributed by atoms with Gasteiger partial charge in [-0.05, 0) is 19.4 Å². The quantitative estimate of drug-likeness (QED) is 0.653. The Hall–Kier alpha value is -2.13. The smallest absolute Gasteiger partial charge is 0.321 e. The van der Waals surface area contributed by atoms with Crippen LogP contribution in [0.1, 0.15) is 19.4 Å². The van der Waals surface area contributed by atoms with Crippen molar-refractivity contribution in [3.8, 4) is 0 Å². The number of aromatic nitrogens is 2. The largest absolute Gasteiger partial charge is 0.356 e. The van der Waals surface area contributed by atoms with Crippen LogP contribution in [0, 0.1) is 0 Å². The van der Waals surface area contributed by atoms with Crippen molar-refractivity contribution < 1.29 is 9.59 Å². The van der Waals surface area contributed by atoms with Crippen molar-refractivity contribution in [2.75, 3.05) is 11.1 Å². The van der Waals surface area contributed by atoms with Gasteiger partial charge in [-0.3, -0.25) is 10.1 Å². The van der Waals surface area contributed by atoms with Crippen LogP contribution >= 0.6 is 23.1 Å². The molecule has 0 atom stereocenters. The monoisotopic (exact) mass is 365 g/mol. The first kappa shape index (κ1) is 18.2. The van der Waals surface area contributed by atoms with Crippen molar-refractivity contribution in [2.45, 2.75) is 30.8 Å². The van der Waals surface area contributed by atoms with E-state index in [1.54, 1.807) is 0 Å². The second kappa shape index (κ2) is 9.24. The van der Waals surface area contributed by atoms with Crippen molar-refractivity contribution in [2.24, 2.45) is 0 Å². The molecule has 0 radical (unpaired) electrons. The summed E-state index contributed by atoms with van der Waals surface area (Å²) >= 11 is 2.62. The van der Waals surface area contributed by atoms with Gasteiger partial charge >= 0.3 is 6.03 Å². The Morgan fingerprint density at radius 3 is 2.67 bits per heavy atom. The summed E-state index contributed by atoms with van der Waals surface area (Å²) in [6.45, 7) is 4.31. The molecule has 0 aliphatic rings. The number of thioether (sulfide) groups is 1. The number of amides is 3. The number of hydrogen-bond acceptors (Lipinski definition) is 7. The summed E-state index contributed by atoms with van der Waals surface area (Å²) in [5.41, 5.74) is 1.15. The molecule has 1 aromatic carbocycles. The lowest BCUT2D eigenvalue weighted by Crippen LogP contribution is -2.43. The molecule has 0 spiro atoms. The molecular weight excluding hydrogens is 346 g/mol. The van der Waals surface area contributed by atoms with Crippen molar-refractivity contribution in [3.05, 3.63) is 35.9 Å². The Balaban J connectivity index is 1.73. The van der Waals surface area contributed by atoms with E-state index in [1.807, 2.05) is 44.2 Å². The molecule has 128 valence electrons. The molecule has 0 saturated heterocycles. The Morgan fingerprint density at radius 1 is 1.21 bits per heavy atom. The van der Waals surface area contributed by atoms with E-state index in [0.717, 1.165) is 5.56 Å². The van der Waals surface area contributed by atoms with Gasteiger partial charge in [-0.1, -0.05) is 53.4 Å². The van der Waals surface area contributed by atoms with E-state index in [0.29, 0.717) is 16.0 Å². The molecule has 0 fully saturated rings. The molecule has 3 amide bonds. The molecule has 0 saturated carbocycles. The van der Waals surface area contributed by atoms with E-state index < -0.39 is 6.03 Å². The number of benzene rings is 1. The second-order valence-electron chi connectivity index (χ2n) is 5.18. The molecule has 0 aliphatic carbocycles. The van der Waals surface area contributed by atoms with Crippen LogP contribution in [-0.2, 0) is 11.3 Å². The molecular formula is C15H19N5O2S2. The maximum atomic E-state index is 11.7. The zero-order valence-electron chi connectivity index (χ0n) is 13.4. The number of anilines is 1. The number of carbonyl (C=O) groups is 2. The molecule has 1 heterocycles. The minimum Gasteiger partial charge on any atom is -0.356 e. The summed E-state index contributed by atoms with van der Waals surface area (Å²) in [5, 5.41) is 16.8. The highest BCUT2D eigenvalue weighted by Gasteiger charge is 2.11. The second-order valence-corrected chi connectivity index (χ2v) is 7.38. The zero-order valence-corrected chi connectivity index (χ0v) is 15.0. The molecule has 0 unspecified atom stereocenters. The lowest BCUT2D eigenvalue weighted by Gasteiger charge is -2.08. The first-order valence-corrected chi connectivity index (χ1v) is 9.17. The Labute approximate surface area is 148 Å². The van der Waals surface area contributed by atoms with Gasteiger partial charge in [-0.15, -0.1) is 10.2 Å². The van der Waals surface area contributed by atoms with Crippen LogP contribution in [0.2, 0.25) is 0 Å². The van der Waals surface area contributed by atoms with Crippen molar-refractivity contribution >= 4 is 40.2 Å². The van der Waals surface area contributed by atoms with Crippen LogP contribution in [0.15, 0.2) is 34.7 Å². The normalized spacial score (nSPS) is 10.5. The third-order valence-electron chi connectivity index (χ3n) is 2.69. The number of urea groups is 1. The van der Waals surface area contributed by atoms with Gasteiger partial charge in [0.1, 0.15) is 0 Å². The summed E-state index contributed by atoms with van der Waals surface area (Å²) in [4.78, 5) is 23.1. The van der Waals surface area contributed by atoms with Crippen LogP contribution in [0.3, 0.4) is 0 Å². The summed E-state index contributed by atoms with van der Waals surface area (Å²) in [5.74, 6) is -0.258. The van der Waals surface area contributed by atoms with E-state index in [2.05, 4.69) is 26.1 Å². The standard InChI is InChI=1S/C15H19N5O2S2/c1-10(2)17-13(22)18-12(21)9-23-15-20-19-14(24-15)16-8-11-6-4-3-5-7-11/h3-7,10H,8-9H2,1-2H3,(H,16,19)(H2,17,18,21,22). The molecule has 2 aromatic rings. The van der Waals surface area contributed by atoms with Crippen molar-refractivity contribution in [3.63, 3.8) is 0 Å². The average Bonchev–Trinajstić information content (AvgIpc) is 2.99. The van der Waals surface area contributed by atoms with Crippen LogP contribution in [0.4, 0.5) is 9.93 Å². The first-order valence-electron chi connectivity index (χ1n) is 7.37. The van der Waals surface area contributed by atoms with E-state index in [1.165, 1.54) is 23.1 Å². The third-order valence-corrected chi connectivity index (χ3v) is 4.71. The van der Waals surface area contributed by atoms with Crippen molar-refractivity contribution in [1.82, 2.24) is 20.8 Å². The Bertz CT molecular complexity index is 676. The van der Waals surface area contributed by atoms with E-state index >= 15 is 0 Å². The highest BCUT2D eigenvalue weighted by atomic mass is 32.2. The molecule has 0 bridgehead atoms. The average molecular weight is 365 g/mol. The van der Waals surface area contributed by atoms with Gasteiger partial charge in [-0.25, -0.2) is 4.79 Å². The van der Waals surface area contributed by atoms with Crippen LogP contribution in [0.25, 0.3) is 0 Å². The third kappa shape index (κ3) is 6.55. The minimum atomic E-state index is -0.488. The molecule has 1 aromatic heterocycles. The predicted molar refractivity (Wildman–Crippen MR) is 96.2 cm³/mol. The van der Waals surface area contributed by atoms with E-state index in [4.69, 9.17) is 0 Å². The Kier molecular flexibility index (Phi) is 7.01. The van der Waals surface area contributed by atoms with Gasteiger partial charge in [0.2, 0.25) is 11.0 Å². The maximum absolute atomic E-state index is 11.7. The highest BCUT2D eigenvalue weighted by Crippen LogP contribution is 2.25. The fourth-order valence-corrected chi connectivity index (χ4v) is 3.25. The zero-order chi connectivity index (χ0) is 17.4. The van der Waals surface area contributed by atoms with Crippen LogP contribution in [-0.4, -0.2) is 33.9 Å². The lowest BCUT2D eigenvalue weighted by molar-refractivity contribution is -0.117. The SMILES string of the molecule is CC(C)NC(=O)NC(=O)CSc1nnc(NCc2ccccc2)s1. The van der Waals surface area contributed by atoms with Gasteiger partial charge in [0.05, 0.1) is 5.75 Å².